The predicted molar refractivity (Wildman–Crippen MR) is 221 cm³/mol. The van der Waals surface area contributed by atoms with Gasteiger partial charge in [0.1, 0.15) is 12.1 Å². The summed E-state index contributed by atoms with van der Waals surface area (Å²) in [6, 6.07) is -1.47. The SMILES string of the molecule is CCC/C=C\C/C=C\CCCCCCCCOCC(COP(=O)(O)OCC(N)C(=O)O)OC(=O)CCCCCCCCC/C=C\CCCCCCCCC. The highest BCUT2D eigenvalue weighted by Crippen LogP contribution is 2.43. The zero-order chi connectivity index (χ0) is 39.8. The van der Waals surface area contributed by atoms with E-state index < -0.39 is 45.1 Å². The topological polar surface area (TPSA) is 155 Å². The third-order valence-electron chi connectivity index (χ3n) is 9.12. The molecule has 0 aliphatic rings. The lowest BCUT2D eigenvalue weighted by atomic mass is 10.1. The van der Waals surface area contributed by atoms with E-state index in [1.165, 1.54) is 96.3 Å². The van der Waals surface area contributed by atoms with Crippen molar-refractivity contribution < 1.29 is 42.7 Å². The van der Waals surface area contributed by atoms with E-state index in [2.05, 4.69) is 50.3 Å². The van der Waals surface area contributed by atoms with Gasteiger partial charge in [0.25, 0.3) is 0 Å². The van der Waals surface area contributed by atoms with Gasteiger partial charge in [0, 0.05) is 13.0 Å². The van der Waals surface area contributed by atoms with Crippen LogP contribution in [0.3, 0.4) is 0 Å². The molecule has 0 rings (SSSR count). The Kier molecular flexibility index (Phi) is 38.1. The fourth-order valence-corrected chi connectivity index (χ4v) is 6.53. The number of hydrogen-bond acceptors (Lipinski definition) is 8. The van der Waals surface area contributed by atoms with Crippen molar-refractivity contribution in [1.29, 1.82) is 0 Å². The van der Waals surface area contributed by atoms with E-state index in [9.17, 15) is 19.0 Å². The molecular formula is C43H80NO9P. The van der Waals surface area contributed by atoms with Crippen LogP contribution in [0.25, 0.3) is 0 Å². The number of aliphatic carboxylic acids is 1. The number of ether oxygens (including phenoxy) is 2. The van der Waals surface area contributed by atoms with Crippen LogP contribution in [0.15, 0.2) is 36.5 Å². The number of esters is 1. The van der Waals surface area contributed by atoms with E-state index in [1.54, 1.807) is 0 Å². The second-order valence-corrected chi connectivity index (χ2v) is 15.9. The Bertz CT molecular complexity index is 1000. The van der Waals surface area contributed by atoms with Crippen molar-refractivity contribution in [2.75, 3.05) is 26.4 Å². The van der Waals surface area contributed by atoms with Crippen LogP contribution >= 0.6 is 7.82 Å². The lowest BCUT2D eigenvalue weighted by Gasteiger charge is -2.20. The highest BCUT2D eigenvalue weighted by Gasteiger charge is 2.27. The van der Waals surface area contributed by atoms with Gasteiger partial charge in [0.2, 0.25) is 0 Å². The minimum Gasteiger partial charge on any atom is -0.480 e. The van der Waals surface area contributed by atoms with Crippen molar-refractivity contribution in [2.45, 2.75) is 199 Å². The standard InChI is InChI=1S/C43H80NO9P/c1-3-5-7-9-11-13-15-17-19-20-21-22-23-25-27-29-31-33-35-42(45)53-40(38-51-54(48,49)52-39-41(44)43(46)47)37-50-36-34-32-30-28-26-24-18-16-14-12-10-8-6-4-2/h8,10,14,16,19-20,40-41H,3-7,9,11-13,15,17-18,21-39,44H2,1-2H3,(H,46,47)(H,48,49)/b10-8-,16-14-,20-19-. The normalized spacial score (nSPS) is 14.3. The summed E-state index contributed by atoms with van der Waals surface area (Å²) < 4.78 is 33.3. The Morgan fingerprint density at radius 1 is 0.593 bits per heavy atom. The molecule has 0 aromatic rings. The smallest absolute Gasteiger partial charge is 0.472 e. The Balaban J connectivity index is 4.25. The molecule has 10 nitrogen and oxygen atoms in total. The molecule has 0 amide bonds. The number of nitrogens with two attached hydrogens (primary N) is 1. The van der Waals surface area contributed by atoms with E-state index in [0.29, 0.717) is 13.0 Å². The second kappa shape index (κ2) is 39.4. The molecular weight excluding hydrogens is 705 g/mol. The van der Waals surface area contributed by atoms with Gasteiger partial charge in [-0.2, -0.15) is 0 Å². The summed E-state index contributed by atoms with van der Waals surface area (Å²) in [7, 11) is -4.62. The zero-order valence-corrected chi connectivity index (χ0v) is 35.2. The maximum atomic E-state index is 12.6. The Labute approximate surface area is 329 Å². The summed E-state index contributed by atoms with van der Waals surface area (Å²) in [5.41, 5.74) is 5.35. The first-order chi connectivity index (χ1) is 26.2. The molecule has 0 aromatic heterocycles. The molecule has 316 valence electrons. The van der Waals surface area contributed by atoms with Crippen LogP contribution in [0.2, 0.25) is 0 Å². The Hall–Kier alpha value is -1.81. The van der Waals surface area contributed by atoms with E-state index in [-0.39, 0.29) is 13.0 Å². The second-order valence-electron chi connectivity index (χ2n) is 14.5. The first-order valence-corrected chi connectivity index (χ1v) is 23.0. The molecule has 0 radical (unpaired) electrons. The molecule has 4 N–H and O–H groups in total. The number of phosphoric ester groups is 1. The third-order valence-corrected chi connectivity index (χ3v) is 10.1. The average molecular weight is 786 g/mol. The lowest BCUT2D eigenvalue weighted by molar-refractivity contribution is -0.154. The van der Waals surface area contributed by atoms with Gasteiger partial charge in [-0.25, -0.2) is 4.57 Å². The van der Waals surface area contributed by atoms with Crippen molar-refractivity contribution in [3.8, 4) is 0 Å². The molecule has 54 heavy (non-hydrogen) atoms. The maximum Gasteiger partial charge on any atom is 0.472 e. The Morgan fingerprint density at radius 2 is 1.06 bits per heavy atom. The summed E-state index contributed by atoms with van der Waals surface area (Å²) in [6.45, 7) is 3.79. The average Bonchev–Trinajstić information content (AvgIpc) is 3.15. The number of carbonyl (C=O) groups is 2. The van der Waals surface area contributed by atoms with E-state index in [1.807, 2.05) is 0 Å². The fraction of sp³-hybridized carbons (Fsp3) is 0.814. The van der Waals surface area contributed by atoms with Gasteiger partial charge in [-0.3, -0.25) is 18.6 Å². The number of unbranched alkanes of at least 4 members (excludes halogenated alkanes) is 21. The minimum absolute atomic E-state index is 0.00859. The summed E-state index contributed by atoms with van der Waals surface area (Å²) in [5.74, 6) is -1.79. The molecule has 3 unspecified atom stereocenters. The molecule has 11 heteroatoms. The van der Waals surface area contributed by atoms with Crippen LogP contribution in [-0.2, 0) is 32.7 Å². The molecule has 0 bridgehead atoms. The van der Waals surface area contributed by atoms with Crippen LogP contribution in [0.1, 0.15) is 187 Å². The largest absolute Gasteiger partial charge is 0.480 e. The lowest BCUT2D eigenvalue weighted by Crippen LogP contribution is -2.34. The Morgan fingerprint density at radius 3 is 1.59 bits per heavy atom. The van der Waals surface area contributed by atoms with Crippen LogP contribution < -0.4 is 5.73 Å². The van der Waals surface area contributed by atoms with Gasteiger partial charge in [-0.05, 0) is 64.2 Å². The van der Waals surface area contributed by atoms with Gasteiger partial charge < -0.3 is 25.2 Å². The van der Waals surface area contributed by atoms with Gasteiger partial charge in [-0.15, -0.1) is 0 Å². The summed E-state index contributed by atoms with van der Waals surface area (Å²) in [5, 5.41) is 8.89. The highest BCUT2D eigenvalue weighted by atomic mass is 31.2. The number of hydrogen-bond donors (Lipinski definition) is 3. The fourth-order valence-electron chi connectivity index (χ4n) is 5.75. The van der Waals surface area contributed by atoms with E-state index >= 15 is 0 Å². The number of rotatable bonds is 41. The first-order valence-electron chi connectivity index (χ1n) is 21.5. The molecule has 0 aromatic carbocycles. The molecule has 0 aliphatic carbocycles. The van der Waals surface area contributed by atoms with Gasteiger partial charge in [0.15, 0.2) is 0 Å². The van der Waals surface area contributed by atoms with Crippen molar-refractivity contribution >= 4 is 19.8 Å². The minimum atomic E-state index is -4.62. The number of carboxylic acid groups (broad SMARTS) is 1. The number of allylic oxidation sites excluding steroid dienone is 6. The molecule has 3 atom stereocenters. The van der Waals surface area contributed by atoms with Crippen LogP contribution in [0.4, 0.5) is 0 Å². The quantitative estimate of drug-likeness (QED) is 0.0236. The summed E-state index contributed by atoms with van der Waals surface area (Å²) >= 11 is 0. The molecule has 0 fully saturated rings. The predicted octanol–water partition coefficient (Wildman–Crippen LogP) is 11.7. The van der Waals surface area contributed by atoms with Gasteiger partial charge >= 0.3 is 19.8 Å². The molecule has 0 heterocycles. The van der Waals surface area contributed by atoms with Crippen molar-refractivity contribution in [1.82, 2.24) is 0 Å². The third kappa shape index (κ3) is 38.5. The van der Waals surface area contributed by atoms with Gasteiger partial charge in [-0.1, -0.05) is 153 Å². The molecule has 0 saturated heterocycles. The number of carboxylic acids is 1. The van der Waals surface area contributed by atoms with E-state index in [4.69, 9.17) is 29.4 Å². The van der Waals surface area contributed by atoms with Crippen molar-refractivity contribution in [2.24, 2.45) is 5.73 Å². The summed E-state index contributed by atoms with van der Waals surface area (Å²) in [6.07, 6.45) is 43.3. The van der Waals surface area contributed by atoms with E-state index in [0.717, 1.165) is 64.2 Å². The number of phosphoric acid groups is 1. The molecule has 0 aliphatic heterocycles. The maximum absolute atomic E-state index is 12.6. The van der Waals surface area contributed by atoms with Crippen molar-refractivity contribution in [3.63, 3.8) is 0 Å². The molecule has 0 saturated carbocycles. The first kappa shape index (κ1) is 52.2. The molecule has 0 spiro atoms. The summed E-state index contributed by atoms with van der Waals surface area (Å²) in [4.78, 5) is 33.5. The zero-order valence-electron chi connectivity index (χ0n) is 34.3. The van der Waals surface area contributed by atoms with Crippen LogP contribution in [0, 0.1) is 0 Å². The van der Waals surface area contributed by atoms with Gasteiger partial charge in [0.05, 0.1) is 19.8 Å². The highest BCUT2D eigenvalue weighted by molar-refractivity contribution is 7.47. The number of carbonyl (C=O) groups excluding carboxylic acids is 1. The monoisotopic (exact) mass is 786 g/mol. The van der Waals surface area contributed by atoms with Crippen LogP contribution in [-0.4, -0.2) is 60.5 Å². The van der Waals surface area contributed by atoms with Crippen molar-refractivity contribution in [3.05, 3.63) is 36.5 Å². The van der Waals surface area contributed by atoms with Crippen LogP contribution in [0.5, 0.6) is 0 Å².